The van der Waals surface area contributed by atoms with Gasteiger partial charge in [0, 0.05) is 17.9 Å². The summed E-state index contributed by atoms with van der Waals surface area (Å²) >= 11 is 0. The molecule has 2 aromatic rings. The molecule has 0 spiro atoms. The molecule has 0 bridgehead atoms. The maximum absolute atomic E-state index is 13.4. The molecule has 1 atom stereocenters. The van der Waals surface area contributed by atoms with Crippen LogP contribution in [-0.4, -0.2) is 45.0 Å². The molecule has 148 valence electrons. The smallest absolute Gasteiger partial charge is 0.246 e. The number of carbonyl (C=O) groups is 1. The average Bonchev–Trinajstić information content (AvgIpc) is 3.02. The summed E-state index contributed by atoms with van der Waals surface area (Å²) in [6.45, 7) is 3.19. The van der Waals surface area contributed by atoms with Crippen LogP contribution >= 0.6 is 0 Å². The first-order chi connectivity index (χ1) is 13.4. The highest BCUT2D eigenvalue weighted by atomic mass is 32.2. The van der Waals surface area contributed by atoms with Crippen LogP contribution in [0.3, 0.4) is 0 Å². The number of anilines is 2. The van der Waals surface area contributed by atoms with Gasteiger partial charge in [0.1, 0.15) is 0 Å². The number of aryl methyl sites for hydroxylation is 2. The number of fused-ring (bicyclic) bond motifs is 1. The highest BCUT2D eigenvalue weighted by molar-refractivity contribution is 7.91. The highest BCUT2D eigenvalue weighted by Gasteiger charge is 2.36. The van der Waals surface area contributed by atoms with Crippen LogP contribution in [0, 0.1) is 6.92 Å². The monoisotopic (exact) mass is 398 g/mol. The third-order valence-corrected chi connectivity index (χ3v) is 7.40. The fourth-order valence-electron chi connectivity index (χ4n) is 4.33. The second-order valence-electron chi connectivity index (χ2n) is 7.81. The van der Waals surface area contributed by atoms with Gasteiger partial charge in [0.05, 0.1) is 24.1 Å². The molecule has 0 unspecified atom stereocenters. The highest BCUT2D eigenvalue weighted by Crippen LogP contribution is 2.29. The molecule has 5 nitrogen and oxygen atoms in total. The second kappa shape index (κ2) is 7.59. The minimum absolute atomic E-state index is 0.0401. The molecular weight excluding hydrogens is 372 g/mol. The van der Waals surface area contributed by atoms with E-state index in [0.717, 1.165) is 30.8 Å². The average molecular weight is 399 g/mol. The van der Waals surface area contributed by atoms with E-state index in [1.165, 1.54) is 11.1 Å². The van der Waals surface area contributed by atoms with Gasteiger partial charge in [0.2, 0.25) is 5.91 Å². The Morgan fingerprint density at radius 3 is 2.68 bits per heavy atom. The lowest BCUT2D eigenvalue weighted by Crippen LogP contribution is -2.47. The topological polar surface area (TPSA) is 57.7 Å². The Balaban J connectivity index is 1.61. The van der Waals surface area contributed by atoms with Crippen molar-refractivity contribution in [3.63, 3.8) is 0 Å². The van der Waals surface area contributed by atoms with Crippen LogP contribution in [0.25, 0.3) is 0 Å². The Morgan fingerprint density at radius 1 is 1.18 bits per heavy atom. The molecule has 1 amide bonds. The molecule has 0 saturated carbocycles. The molecule has 1 fully saturated rings. The van der Waals surface area contributed by atoms with E-state index in [4.69, 9.17) is 0 Å². The molecule has 0 N–H and O–H groups in total. The number of carbonyl (C=O) groups excluding carboxylic acids is 1. The van der Waals surface area contributed by atoms with E-state index in [0.29, 0.717) is 6.42 Å². The molecular formula is C22H26N2O3S. The van der Waals surface area contributed by atoms with E-state index >= 15 is 0 Å². The number of hydrogen-bond donors (Lipinski definition) is 0. The van der Waals surface area contributed by atoms with Crippen LogP contribution in [-0.2, 0) is 21.1 Å². The van der Waals surface area contributed by atoms with Crippen molar-refractivity contribution >= 4 is 27.1 Å². The molecule has 2 heterocycles. The maximum atomic E-state index is 13.4. The summed E-state index contributed by atoms with van der Waals surface area (Å²) in [4.78, 5) is 17.2. The van der Waals surface area contributed by atoms with Gasteiger partial charge in [-0.05, 0) is 49.9 Å². The van der Waals surface area contributed by atoms with Crippen molar-refractivity contribution in [2.24, 2.45) is 0 Å². The zero-order chi connectivity index (χ0) is 19.7. The number of nitrogens with zero attached hydrogens (tertiary/aromatic N) is 2. The number of hydrogen-bond acceptors (Lipinski definition) is 4. The van der Waals surface area contributed by atoms with Crippen LogP contribution in [0.15, 0.2) is 48.5 Å². The normalized spacial score (nSPS) is 20.6. The van der Waals surface area contributed by atoms with Gasteiger partial charge in [-0.25, -0.2) is 8.42 Å². The maximum Gasteiger partial charge on any atom is 0.246 e. The van der Waals surface area contributed by atoms with Crippen molar-refractivity contribution in [3.05, 3.63) is 59.7 Å². The Morgan fingerprint density at radius 2 is 1.96 bits per heavy atom. The molecule has 0 radical (unpaired) electrons. The zero-order valence-corrected chi connectivity index (χ0v) is 17.0. The van der Waals surface area contributed by atoms with E-state index in [1.54, 1.807) is 4.90 Å². The second-order valence-corrected chi connectivity index (χ2v) is 10.0. The summed E-state index contributed by atoms with van der Waals surface area (Å²) in [6, 6.07) is 15.5. The van der Waals surface area contributed by atoms with Gasteiger partial charge in [0.15, 0.2) is 9.84 Å². The van der Waals surface area contributed by atoms with Crippen LogP contribution in [0.4, 0.5) is 11.4 Å². The summed E-state index contributed by atoms with van der Waals surface area (Å²) in [5.41, 5.74) is 4.41. The summed E-state index contributed by atoms with van der Waals surface area (Å²) in [5.74, 6) is 0.158. The Kier molecular flexibility index (Phi) is 5.15. The predicted octanol–water partition coefficient (Wildman–Crippen LogP) is 2.97. The molecule has 28 heavy (non-hydrogen) atoms. The summed E-state index contributed by atoms with van der Waals surface area (Å²) in [5, 5.41) is 0. The minimum atomic E-state index is -3.08. The van der Waals surface area contributed by atoms with Crippen LogP contribution in [0.1, 0.15) is 24.0 Å². The Labute approximate surface area is 166 Å². The van der Waals surface area contributed by atoms with Gasteiger partial charge in [-0.1, -0.05) is 35.9 Å². The number of para-hydroxylation sites is 1. The third kappa shape index (κ3) is 3.92. The fourth-order valence-corrected chi connectivity index (χ4v) is 6.03. The number of amides is 1. The van der Waals surface area contributed by atoms with E-state index in [9.17, 15) is 13.2 Å². The van der Waals surface area contributed by atoms with Crippen molar-refractivity contribution < 1.29 is 13.2 Å². The van der Waals surface area contributed by atoms with Gasteiger partial charge in [0.25, 0.3) is 0 Å². The SMILES string of the molecule is Cc1ccc2c(c1)CCCN2CC(=O)N(c1ccccc1)[C@@H]1CCS(=O)(=O)C1. The summed E-state index contributed by atoms with van der Waals surface area (Å²) in [7, 11) is -3.08. The number of sulfone groups is 1. The largest absolute Gasteiger partial charge is 0.362 e. The molecule has 4 rings (SSSR count). The number of benzene rings is 2. The first-order valence-corrected chi connectivity index (χ1v) is 11.7. The van der Waals surface area contributed by atoms with Gasteiger partial charge >= 0.3 is 0 Å². The summed E-state index contributed by atoms with van der Waals surface area (Å²) < 4.78 is 24.1. The van der Waals surface area contributed by atoms with Crippen molar-refractivity contribution in [1.82, 2.24) is 0 Å². The lowest BCUT2D eigenvalue weighted by molar-refractivity contribution is -0.117. The molecule has 0 aliphatic carbocycles. The fraction of sp³-hybridized carbons (Fsp3) is 0.409. The van der Waals surface area contributed by atoms with Gasteiger partial charge in [-0.2, -0.15) is 0 Å². The van der Waals surface area contributed by atoms with Gasteiger partial charge in [-0.15, -0.1) is 0 Å². The lowest BCUT2D eigenvalue weighted by atomic mass is 9.99. The third-order valence-electron chi connectivity index (χ3n) is 5.65. The Bertz CT molecular complexity index is 973. The summed E-state index contributed by atoms with van der Waals surface area (Å²) in [6.07, 6.45) is 2.55. The molecule has 2 aliphatic rings. The van der Waals surface area contributed by atoms with Gasteiger partial charge < -0.3 is 9.80 Å². The van der Waals surface area contributed by atoms with Crippen molar-refractivity contribution in [1.29, 1.82) is 0 Å². The standard InChI is InChI=1S/C22H26N2O3S/c1-17-9-10-21-18(14-17)6-5-12-23(21)15-22(25)24(19-7-3-2-4-8-19)20-11-13-28(26,27)16-20/h2-4,7-10,14,20H,5-6,11-13,15-16H2,1H3/t20-/m1/s1. The van der Waals surface area contributed by atoms with Crippen molar-refractivity contribution in [2.45, 2.75) is 32.2 Å². The quantitative estimate of drug-likeness (QED) is 0.795. The molecule has 2 aliphatic heterocycles. The van der Waals surface area contributed by atoms with Gasteiger partial charge in [-0.3, -0.25) is 4.79 Å². The van der Waals surface area contributed by atoms with Crippen LogP contribution in [0.5, 0.6) is 0 Å². The number of rotatable bonds is 4. The molecule has 6 heteroatoms. The van der Waals surface area contributed by atoms with E-state index in [1.807, 2.05) is 30.3 Å². The predicted molar refractivity (Wildman–Crippen MR) is 113 cm³/mol. The first kappa shape index (κ1) is 19.0. The first-order valence-electron chi connectivity index (χ1n) is 9.85. The molecule has 0 aromatic heterocycles. The Hall–Kier alpha value is -2.34. The molecule has 2 aromatic carbocycles. The van der Waals surface area contributed by atoms with E-state index in [2.05, 4.69) is 30.0 Å². The van der Waals surface area contributed by atoms with E-state index in [-0.39, 0.29) is 30.0 Å². The lowest BCUT2D eigenvalue weighted by Gasteiger charge is -2.35. The molecule has 1 saturated heterocycles. The van der Waals surface area contributed by atoms with Crippen LogP contribution < -0.4 is 9.80 Å². The van der Waals surface area contributed by atoms with E-state index < -0.39 is 9.84 Å². The van der Waals surface area contributed by atoms with Crippen molar-refractivity contribution in [3.8, 4) is 0 Å². The van der Waals surface area contributed by atoms with Crippen molar-refractivity contribution in [2.75, 3.05) is 34.4 Å². The van der Waals surface area contributed by atoms with Crippen LogP contribution in [0.2, 0.25) is 0 Å². The minimum Gasteiger partial charge on any atom is -0.362 e. The zero-order valence-electron chi connectivity index (χ0n) is 16.2.